The molecule has 7 heteroatoms. The normalized spacial score (nSPS) is 10.6. The Hall–Kier alpha value is -3.71. The zero-order valence-electron chi connectivity index (χ0n) is 16.2. The summed E-state index contributed by atoms with van der Waals surface area (Å²) in [7, 11) is 1.55. The summed E-state index contributed by atoms with van der Waals surface area (Å²) in [6, 6.07) is 20.3. The van der Waals surface area contributed by atoms with Gasteiger partial charge in [-0.05, 0) is 29.6 Å². The van der Waals surface area contributed by atoms with Gasteiger partial charge in [0.2, 0.25) is 5.91 Å². The molecular formula is C23H19N3O3S. The Morgan fingerprint density at radius 3 is 2.60 bits per heavy atom. The molecule has 0 saturated heterocycles. The number of aromatic nitrogens is 1. The van der Waals surface area contributed by atoms with E-state index < -0.39 is 5.91 Å². The van der Waals surface area contributed by atoms with E-state index >= 15 is 0 Å². The summed E-state index contributed by atoms with van der Waals surface area (Å²) >= 11 is 1.55. The summed E-state index contributed by atoms with van der Waals surface area (Å²) in [6.45, 7) is 0. The summed E-state index contributed by atoms with van der Waals surface area (Å²) in [5, 5.41) is 2.68. The van der Waals surface area contributed by atoms with Crippen LogP contribution in [-0.2, 0) is 11.2 Å². The maximum atomic E-state index is 12.9. The molecule has 2 aromatic carbocycles. The third-order valence-electron chi connectivity index (χ3n) is 4.59. The number of ether oxygens (including phenoxy) is 1. The molecular weight excluding hydrogens is 398 g/mol. The quantitative estimate of drug-likeness (QED) is 0.482. The van der Waals surface area contributed by atoms with E-state index in [2.05, 4.69) is 15.8 Å². The van der Waals surface area contributed by atoms with E-state index in [1.165, 1.54) is 0 Å². The molecule has 0 saturated carbocycles. The Bertz CT molecular complexity index is 1210. The number of fused-ring (bicyclic) bond motifs is 1. The lowest BCUT2D eigenvalue weighted by Crippen LogP contribution is -2.42. The number of pyridine rings is 1. The van der Waals surface area contributed by atoms with Gasteiger partial charge >= 0.3 is 0 Å². The standard InChI is InChI=1S/C23H19N3O3S/c1-29-20-10-5-2-7-15(20)13-22(27)25-26-23(28)17-14-19(21-11-6-12-30-21)24-18-9-4-3-8-16(17)18/h2-12,14H,13H2,1H3,(H,25,27)(H,26,28). The Balaban J connectivity index is 1.54. The number of rotatable bonds is 5. The molecule has 2 heterocycles. The van der Waals surface area contributed by atoms with Gasteiger partial charge in [-0.3, -0.25) is 20.4 Å². The smallest absolute Gasteiger partial charge is 0.270 e. The van der Waals surface area contributed by atoms with Gasteiger partial charge in [0.1, 0.15) is 5.75 Å². The molecule has 0 aliphatic heterocycles. The minimum atomic E-state index is -0.403. The van der Waals surface area contributed by atoms with Crippen molar-refractivity contribution in [3.63, 3.8) is 0 Å². The first-order valence-electron chi connectivity index (χ1n) is 9.30. The fraction of sp³-hybridized carbons (Fsp3) is 0.0870. The van der Waals surface area contributed by atoms with E-state index in [0.717, 1.165) is 10.4 Å². The lowest BCUT2D eigenvalue weighted by Gasteiger charge is -2.12. The van der Waals surface area contributed by atoms with Gasteiger partial charge in [-0.25, -0.2) is 4.98 Å². The van der Waals surface area contributed by atoms with E-state index in [4.69, 9.17) is 4.74 Å². The number of carbonyl (C=O) groups excluding carboxylic acids is 2. The van der Waals surface area contributed by atoms with Crippen LogP contribution < -0.4 is 15.6 Å². The molecule has 2 N–H and O–H groups in total. The van der Waals surface area contributed by atoms with Crippen LogP contribution in [0.3, 0.4) is 0 Å². The summed E-state index contributed by atoms with van der Waals surface area (Å²) in [5.74, 6) is -0.121. The second-order valence-corrected chi connectivity index (χ2v) is 7.49. The highest BCUT2D eigenvalue weighted by molar-refractivity contribution is 7.13. The van der Waals surface area contributed by atoms with Crippen LogP contribution in [0.1, 0.15) is 15.9 Å². The molecule has 0 aliphatic rings. The van der Waals surface area contributed by atoms with Gasteiger partial charge < -0.3 is 4.74 Å². The molecule has 4 aromatic rings. The molecule has 2 amide bonds. The highest BCUT2D eigenvalue weighted by atomic mass is 32.1. The Kier molecular flexibility index (Phi) is 5.72. The number of hydrazine groups is 1. The lowest BCUT2D eigenvalue weighted by molar-refractivity contribution is -0.121. The molecule has 0 unspecified atom stereocenters. The maximum Gasteiger partial charge on any atom is 0.270 e. The SMILES string of the molecule is COc1ccccc1CC(=O)NNC(=O)c1cc(-c2cccs2)nc2ccccc12. The Morgan fingerprint density at radius 1 is 1.00 bits per heavy atom. The Morgan fingerprint density at radius 2 is 1.80 bits per heavy atom. The van der Waals surface area contributed by atoms with E-state index in [0.29, 0.717) is 27.9 Å². The van der Waals surface area contributed by atoms with Crippen LogP contribution in [0.2, 0.25) is 0 Å². The second-order valence-electron chi connectivity index (χ2n) is 6.54. The molecule has 6 nitrogen and oxygen atoms in total. The van der Waals surface area contributed by atoms with E-state index in [9.17, 15) is 9.59 Å². The average molecular weight is 417 g/mol. The van der Waals surface area contributed by atoms with Crippen LogP contribution in [0.25, 0.3) is 21.5 Å². The van der Waals surface area contributed by atoms with Crippen molar-refractivity contribution >= 4 is 34.1 Å². The van der Waals surface area contributed by atoms with Gasteiger partial charge in [0.15, 0.2) is 0 Å². The minimum absolute atomic E-state index is 0.0852. The van der Waals surface area contributed by atoms with Crippen molar-refractivity contribution in [1.82, 2.24) is 15.8 Å². The number of amides is 2. The number of carbonyl (C=O) groups is 2. The fourth-order valence-electron chi connectivity index (χ4n) is 3.17. The predicted octanol–water partition coefficient (Wildman–Crippen LogP) is 3.98. The molecule has 0 atom stereocenters. The number of nitrogens with one attached hydrogen (secondary N) is 2. The predicted molar refractivity (Wildman–Crippen MR) is 117 cm³/mol. The number of methoxy groups -OCH3 is 1. The van der Waals surface area contributed by atoms with Gasteiger partial charge in [-0.1, -0.05) is 42.5 Å². The third kappa shape index (κ3) is 4.16. The topological polar surface area (TPSA) is 80.3 Å². The molecule has 30 heavy (non-hydrogen) atoms. The maximum absolute atomic E-state index is 12.9. The minimum Gasteiger partial charge on any atom is -0.496 e. The Labute approximate surface area is 177 Å². The first kappa shape index (κ1) is 19.6. The van der Waals surface area contributed by atoms with Crippen molar-refractivity contribution < 1.29 is 14.3 Å². The average Bonchev–Trinajstić information content (AvgIpc) is 3.32. The van der Waals surface area contributed by atoms with Gasteiger partial charge in [-0.2, -0.15) is 0 Å². The molecule has 0 aliphatic carbocycles. The highest BCUT2D eigenvalue weighted by Gasteiger charge is 2.15. The van der Waals surface area contributed by atoms with E-state index in [1.54, 1.807) is 30.6 Å². The molecule has 2 aromatic heterocycles. The number of benzene rings is 2. The first-order valence-corrected chi connectivity index (χ1v) is 10.2. The summed E-state index contributed by atoms with van der Waals surface area (Å²) in [6.07, 6.45) is 0.0852. The molecule has 0 spiro atoms. The first-order chi connectivity index (χ1) is 14.7. The van der Waals surface area contributed by atoms with Gasteiger partial charge in [0.05, 0.1) is 35.2 Å². The van der Waals surface area contributed by atoms with Gasteiger partial charge in [-0.15, -0.1) is 11.3 Å². The summed E-state index contributed by atoms with van der Waals surface area (Å²) < 4.78 is 5.26. The van der Waals surface area contributed by atoms with Gasteiger partial charge in [0, 0.05) is 10.9 Å². The van der Waals surface area contributed by atoms with Crippen LogP contribution in [-0.4, -0.2) is 23.9 Å². The monoisotopic (exact) mass is 417 g/mol. The molecule has 150 valence electrons. The fourth-order valence-corrected chi connectivity index (χ4v) is 3.86. The van der Waals surface area contributed by atoms with Gasteiger partial charge in [0.25, 0.3) is 5.91 Å². The largest absolute Gasteiger partial charge is 0.496 e. The number of hydrogen-bond donors (Lipinski definition) is 2. The summed E-state index contributed by atoms with van der Waals surface area (Å²) in [5.41, 5.74) is 7.62. The highest BCUT2D eigenvalue weighted by Crippen LogP contribution is 2.27. The van der Waals surface area contributed by atoms with E-state index in [-0.39, 0.29) is 12.3 Å². The van der Waals surface area contributed by atoms with Crippen LogP contribution in [0.4, 0.5) is 0 Å². The molecule has 0 fully saturated rings. The van der Waals surface area contributed by atoms with Crippen molar-refractivity contribution in [2.24, 2.45) is 0 Å². The number of hydrogen-bond acceptors (Lipinski definition) is 5. The van der Waals surface area contributed by atoms with Crippen LogP contribution >= 0.6 is 11.3 Å². The van der Waals surface area contributed by atoms with Crippen LogP contribution in [0.5, 0.6) is 5.75 Å². The molecule has 4 rings (SSSR count). The van der Waals surface area contributed by atoms with Crippen molar-refractivity contribution in [3.8, 4) is 16.3 Å². The van der Waals surface area contributed by atoms with Crippen molar-refractivity contribution in [2.45, 2.75) is 6.42 Å². The van der Waals surface area contributed by atoms with Crippen molar-refractivity contribution in [1.29, 1.82) is 0 Å². The number of nitrogens with zero attached hydrogens (tertiary/aromatic N) is 1. The second kappa shape index (κ2) is 8.75. The zero-order chi connectivity index (χ0) is 20.9. The van der Waals surface area contributed by atoms with Crippen LogP contribution in [0.15, 0.2) is 72.1 Å². The molecule has 0 bridgehead atoms. The number of para-hydroxylation sites is 2. The lowest BCUT2D eigenvalue weighted by atomic mass is 10.1. The molecule has 0 radical (unpaired) electrons. The third-order valence-corrected chi connectivity index (χ3v) is 5.49. The number of thiophene rings is 1. The van der Waals surface area contributed by atoms with Crippen molar-refractivity contribution in [3.05, 3.63) is 83.2 Å². The summed E-state index contributed by atoms with van der Waals surface area (Å²) in [4.78, 5) is 30.9. The van der Waals surface area contributed by atoms with Crippen molar-refractivity contribution in [2.75, 3.05) is 7.11 Å². The zero-order valence-corrected chi connectivity index (χ0v) is 17.0. The van der Waals surface area contributed by atoms with E-state index in [1.807, 2.05) is 60.0 Å². The van der Waals surface area contributed by atoms with Crippen LogP contribution in [0, 0.1) is 0 Å².